The number of carbonyl (C=O) groups excluding carboxylic acids is 2. The van der Waals surface area contributed by atoms with Crippen LogP contribution in [0.4, 0.5) is 10.6 Å². The van der Waals surface area contributed by atoms with Gasteiger partial charge in [0.2, 0.25) is 0 Å². The number of piperazine rings is 1. The zero-order valence-corrected chi connectivity index (χ0v) is 26.4. The second kappa shape index (κ2) is 14.6. The van der Waals surface area contributed by atoms with E-state index in [2.05, 4.69) is 53.5 Å². The zero-order valence-electron chi connectivity index (χ0n) is 26.4. The number of amides is 2. The zero-order chi connectivity index (χ0) is 31.1. The Morgan fingerprint density at radius 3 is 2.48 bits per heavy atom. The van der Waals surface area contributed by atoms with Crippen LogP contribution in [0, 0.1) is 0 Å². The Kier molecular flexibility index (Phi) is 10.7. The van der Waals surface area contributed by atoms with Crippen LogP contribution in [0.2, 0.25) is 0 Å². The molecule has 2 saturated heterocycles. The fourth-order valence-electron chi connectivity index (χ4n) is 5.99. The number of β-amino-alcohol motifs (C(OH)–C–C–N with tert-alkyl or cyclic N) is 1. The predicted molar refractivity (Wildman–Crippen MR) is 169 cm³/mol. The first-order valence-electron chi connectivity index (χ1n) is 15.9. The Balaban J connectivity index is 0.946. The lowest BCUT2D eigenvalue weighted by molar-refractivity contribution is 0.0141. The van der Waals surface area contributed by atoms with E-state index in [1.165, 1.54) is 17.5 Å². The molecular formula is C32H48N8O4. The minimum Gasteiger partial charge on any atom is -0.444 e. The Morgan fingerprint density at radius 1 is 1.00 bits per heavy atom. The lowest BCUT2D eigenvalue weighted by atomic mass is 10.00. The van der Waals surface area contributed by atoms with Gasteiger partial charge < -0.3 is 25.4 Å². The Bertz CT molecular complexity index is 1260. The molecule has 1 atom stereocenters. The van der Waals surface area contributed by atoms with Crippen LogP contribution in [0.15, 0.2) is 36.7 Å². The molecule has 0 aliphatic carbocycles. The highest BCUT2D eigenvalue weighted by atomic mass is 16.6. The second-order valence-electron chi connectivity index (χ2n) is 13.2. The molecule has 0 spiro atoms. The van der Waals surface area contributed by atoms with Crippen molar-refractivity contribution in [3.63, 3.8) is 0 Å². The van der Waals surface area contributed by atoms with E-state index in [4.69, 9.17) is 4.74 Å². The third-order valence-corrected chi connectivity index (χ3v) is 8.36. The summed E-state index contributed by atoms with van der Waals surface area (Å²) in [5.41, 5.74) is 2.49. The van der Waals surface area contributed by atoms with Crippen molar-refractivity contribution >= 4 is 17.8 Å². The number of ether oxygens (including phenoxy) is 1. The van der Waals surface area contributed by atoms with Crippen LogP contribution in [0.5, 0.6) is 0 Å². The van der Waals surface area contributed by atoms with E-state index in [0.29, 0.717) is 25.5 Å². The highest BCUT2D eigenvalue weighted by Gasteiger charge is 2.28. The summed E-state index contributed by atoms with van der Waals surface area (Å²) in [6.07, 6.45) is 2.57. The van der Waals surface area contributed by atoms with Gasteiger partial charge in [0.05, 0.1) is 12.1 Å². The van der Waals surface area contributed by atoms with Crippen molar-refractivity contribution in [2.24, 2.45) is 0 Å². The molecule has 0 bridgehead atoms. The number of benzene rings is 1. The summed E-state index contributed by atoms with van der Waals surface area (Å²) in [6, 6.07) is 10.4. The van der Waals surface area contributed by atoms with E-state index in [1.54, 1.807) is 11.0 Å². The molecule has 0 radical (unpaired) electrons. The topological polar surface area (TPSA) is 126 Å². The molecule has 12 nitrogen and oxygen atoms in total. The molecule has 2 fully saturated rings. The molecule has 0 unspecified atom stereocenters. The van der Waals surface area contributed by atoms with Crippen molar-refractivity contribution in [3.05, 3.63) is 53.5 Å². The quantitative estimate of drug-likeness (QED) is 0.347. The first-order chi connectivity index (χ1) is 21.1. The number of aliphatic hydroxyl groups is 1. The van der Waals surface area contributed by atoms with Crippen molar-refractivity contribution in [2.45, 2.75) is 57.9 Å². The second-order valence-corrected chi connectivity index (χ2v) is 13.2. The number of rotatable bonds is 11. The maximum Gasteiger partial charge on any atom is 0.410 e. The van der Waals surface area contributed by atoms with E-state index >= 15 is 0 Å². The molecule has 0 saturated carbocycles. The highest BCUT2D eigenvalue weighted by molar-refractivity contribution is 5.92. The number of nitrogens with zero attached hydrogens (tertiary/aromatic N) is 6. The molecule has 2 amide bonds. The lowest BCUT2D eigenvalue weighted by Crippen LogP contribution is -2.55. The van der Waals surface area contributed by atoms with Crippen molar-refractivity contribution < 1.29 is 19.4 Å². The Hall–Kier alpha value is -3.32. The number of likely N-dealkylation sites (tertiary alicyclic amines) is 1. The van der Waals surface area contributed by atoms with E-state index in [0.717, 1.165) is 65.2 Å². The Morgan fingerprint density at radius 2 is 1.73 bits per heavy atom. The predicted octanol–water partition coefficient (Wildman–Crippen LogP) is 1.66. The smallest absolute Gasteiger partial charge is 0.410 e. The molecule has 1 aromatic carbocycles. The lowest BCUT2D eigenvalue weighted by Gasteiger charge is -2.40. The molecule has 3 aliphatic rings. The molecule has 240 valence electrons. The molecule has 5 rings (SSSR count). The van der Waals surface area contributed by atoms with E-state index < -0.39 is 11.7 Å². The van der Waals surface area contributed by atoms with Gasteiger partial charge in [-0.25, -0.2) is 14.8 Å². The standard InChI is InChI=1S/C32H48N8O4/c1-32(2,3)44-31(43)40-15-13-37(14-16-40)10-6-11-38-20-26(21-38)36-29-17-28(34-23-35-29)30(42)33-18-27(41)22-39-12-9-24-7-4-5-8-25(24)19-39/h4-5,7-8,17,23,26-27,41H,6,9-16,18-22H2,1-3H3,(H,33,42)(H,34,35,36)/t27-/m1/s1. The SMILES string of the molecule is CC(C)(C)OC(=O)N1CCN(CCCN2CC(Nc3cc(C(=O)NC[C@@H](O)CN4CCc5ccccc5C4)ncn3)C2)CC1. The number of hydrogen-bond acceptors (Lipinski definition) is 10. The van der Waals surface area contributed by atoms with Gasteiger partial charge in [-0.1, -0.05) is 24.3 Å². The Labute approximate surface area is 260 Å². The van der Waals surface area contributed by atoms with Crippen molar-refractivity contribution in [1.82, 2.24) is 34.9 Å². The van der Waals surface area contributed by atoms with Crippen molar-refractivity contribution in [3.8, 4) is 0 Å². The maximum absolute atomic E-state index is 12.7. The first kappa shape index (κ1) is 32.1. The summed E-state index contributed by atoms with van der Waals surface area (Å²) < 4.78 is 5.49. The molecular weight excluding hydrogens is 560 g/mol. The third-order valence-electron chi connectivity index (χ3n) is 8.36. The van der Waals surface area contributed by atoms with E-state index in [1.807, 2.05) is 26.8 Å². The molecule has 3 N–H and O–H groups in total. The minimum absolute atomic E-state index is 0.167. The van der Waals surface area contributed by atoms with Crippen molar-refractivity contribution in [1.29, 1.82) is 0 Å². The van der Waals surface area contributed by atoms with E-state index in [-0.39, 0.29) is 30.3 Å². The monoisotopic (exact) mass is 608 g/mol. The van der Waals surface area contributed by atoms with Crippen LogP contribution in [0.1, 0.15) is 48.8 Å². The summed E-state index contributed by atoms with van der Waals surface area (Å²) in [5, 5.41) is 16.8. The number of carbonyl (C=O) groups is 2. The van der Waals surface area contributed by atoms with Gasteiger partial charge in [0.1, 0.15) is 23.4 Å². The van der Waals surface area contributed by atoms with E-state index in [9.17, 15) is 14.7 Å². The summed E-state index contributed by atoms with van der Waals surface area (Å²) in [7, 11) is 0. The average molecular weight is 609 g/mol. The van der Waals surface area contributed by atoms with Crippen LogP contribution in [0.25, 0.3) is 0 Å². The molecule has 1 aromatic heterocycles. The fraction of sp³-hybridized carbons (Fsp3) is 0.625. The average Bonchev–Trinajstić information content (AvgIpc) is 2.98. The summed E-state index contributed by atoms with van der Waals surface area (Å²) in [6.45, 7) is 15.1. The van der Waals surface area contributed by atoms with Crippen LogP contribution in [-0.2, 0) is 17.7 Å². The van der Waals surface area contributed by atoms with Crippen molar-refractivity contribution in [2.75, 3.05) is 77.3 Å². The molecule has 3 aliphatic heterocycles. The molecule has 12 heteroatoms. The number of anilines is 1. The summed E-state index contributed by atoms with van der Waals surface area (Å²) in [5.74, 6) is 0.311. The van der Waals surface area contributed by atoms with Gasteiger partial charge in [-0.15, -0.1) is 0 Å². The first-order valence-corrected chi connectivity index (χ1v) is 15.9. The summed E-state index contributed by atoms with van der Waals surface area (Å²) in [4.78, 5) is 42.3. The number of fused-ring (bicyclic) bond motifs is 1. The number of nitrogens with one attached hydrogen (secondary N) is 2. The van der Waals surface area contributed by atoms with Crippen LogP contribution in [-0.4, -0.2) is 136 Å². The molecule has 2 aromatic rings. The van der Waals surface area contributed by atoms with Crippen LogP contribution < -0.4 is 10.6 Å². The number of hydrogen-bond donors (Lipinski definition) is 3. The van der Waals surface area contributed by atoms with Crippen LogP contribution >= 0.6 is 0 Å². The largest absolute Gasteiger partial charge is 0.444 e. The third kappa shape index (κ3) is 9.34. The van der Waals surface area contributed by atoms with Gasteiger partial charge in [-0.05, 0) is 57.8 Å². The van der Waals surface area contributed by atoms with Gasteiger partial charge >= 0.3 is 6.09 Å². The van der Waals surface area contributed by atoms with Gasteiger partial charge in [-0.2, -0.15) is 0 Å². The fourth-order valence-corrected chi connectivity index (χ4v) is 5.99. The van der Waals surface area contributed by atoms with Gasteiger partial charge in [-0.3, -0.25) is 19.5 Å². The van der Waals surface area contributed by atoms with Gasteiger partial charge in [0.15, 0.2) is 0 Å². The van der Waals surface area contributed by atoms with Gasteiger partial charge in [0, 0.05) is 71.5 Å². The maximum atomic E-state index is 12.7. The summed E-state index contributed by atoms with van der Waals surface area (Å²) >= 11 is 0. The van der Waals surface area contributed by atoms with Crippen LogP contribution in [0.3, 0.4) is 0 Å². The number of aliphatic hydroxyl groups excluding tert-OH is 1. The normalized spacial score (nSPS) is 19.1. The molecule has 4 heterocycles. The number of aromatic nitrogens is 2. The van der Waals surface area contributed by atoms with Gasteiger partial charge in [0.25, 0.3) is 5.91 Å². The highest BCUT2D eigenvalue weighted by Crippen LogP contribution is 2.19. The molecule has 44 heavy (non-hydrogen) atoms. The minimum atomic E-state index is -0.661.